The van der Waals surface area contributed by atoms with E-state index in [0.29, 0.717) is 11.6 Å². The molecule has 0 fully saturated rings. The molecule has 0 saturated heterocycles. The van der Waals surface area contributed by atoms with Gasteiger partial charge in [-0.3, -0.25) is 0 Å². The van der Waals surface area contributed by atoms with Crippen LogP contribution in [0.4, 0.5) is 0 Å². The fraction of sp³-hybridized carbons (Fsp3) is 1.00. The van der Waals surface area contributed by atoms with Gasteiger partial charge >= 0.3 is 0 Å². The molecule has 0 rings (SSSR count). The average Bonchev–Trinajstić information content (AvgIpc) is 2.23. The molecule has 2 N–H and O–H groups in total. The summed E-state index contributed by atoms with van der Waals surface area (Å²) in [6.45, 7) is 10.2. The maximum absolute atomic E-state index is 3.53. The summed E-state index contributed by atoms with van der Waals surface area (Å²) in [5.41, 5.74) is 0.322. The minimum absolute atomic E-state index is 0.322. The minimum atomic E-state index is 0.322. The molecule has 0 amide bonds. The Morgan fingerprint density at radius 3 is 2.36 bits per heavy atom. The Morgan fingerprint density at radius 2 is 1.93 bits per heavy atom. The third kappa shape index (κ3) is 5.61. The molecule has 86 valence electrons. The second-order valence-electron chi connectivity index (χ2n) is 4.56. The van der Waals surface area contributed by atoms with Gasteiger partial charge in [0.05, 0.1) is 0 Å². The van der Waals surface area contributed by atoms with Gasteiger partial charge in [0.25, 0.3) is 0 Å². The van der Waals surface area contributed by atoms with Crippen LogP contribution in [-0.4, -0.2) is 25.2 Å². The van der Waals surface area contributed by atoms with Gasteiger partial charge < -0.3 is 10.6 Å². The van der Waals surface area contributed by atoms with Crippen molar-refractivity contribution in [2.24, 2.45) is 0 Å². The lowest BCUT2D eigenvalue weighted by Gasteiger charge is -2.29. The van der Waals surface area contributed by atoms with Gasteiger partial charge in [-0.15, -0.1) is 0 Å². The van der Waals surface area contributed by atoms with Crippen LogP contribution in [0.15, 0.2) is 0 Å². The van der Waals surface area contributed by atoms with Gasteiger partial charge in [-0.25, -0.2) is 0 Å². The van der Waals surface area contributed by atoms with Crippen molar-refractivity contribution in [2.75, 3.05) is 13.6 Å². The van der Waals surface area contributed by atoms with Crippen molar-refractivity contribution in [3.8, 4) is 0 Å². The molecule has 0 radical (unpaired) electrons. The van der Waals surface area contributed by atoms with Crippen molar-refractivity contribution in [1.29, 1.82) is 0 Å². The molecule has 0 aromatic heterocycles. The molecule has 0 aromatic carbocycles. The predicted molar refractivity (Wildman–Crippen MR) is 64.7 cm³/mol. The van der Waals surface area contributed by atoms with Crippen molar-refractivity contribution in [3.05, 3.63) is 0 Å². The first-order chi connectivity index (χ1) is 6.58. The van der Waals surface area contributed by atoms with E-state index in [1.165, 1.54) is 25.7 Å². The Morgan fingerprint density at radius 1 is 1.29 bits per heavy atom. The van der Waals surface area contributed by atoms with Crippen LogP contribution < -0.4 is 10.6 Å². The van der Waals surface area contributed by atoms with Crippen LogP contribution in [0.3, 0.4) is 0 Å². The van der Waals surface area contributed by atoms with E-state index >= 15 is 0 Å². The Bertz CT molecular complexity index is 130. The first-order valence-corrected chi connectivity index (χ1v) is 6.00. The lowest BCUT2D eigenvalue weighted by atomic mass is 9.91. The summed E-state index contributed by atoms with van der Waals surface area (Å²) >= 11 is 0. The van der Waals surface area contributed by atoms with Crippen LogP contribution in [0.2, 0.25) is 0 Å². The van der Waals surface area contributed by atoms with E-state index in [2.05, 4.69) is 45.4 Å². The molecule has 2 atom stereocenters. The zero-order valence-electron chi connectivity index (χ0n) is 10.6. The fourth-order valence-electron chi connectivity index (χ4n) is 1.51. The van der Waals surface area contributed by atoms with Crippen molar-refractivity contribution in [2.45, 2.75) is 65.0 Å². The summed E-state index contributed by atoms with van der Waals surface area (Å²) in [6, 6.07) is 0.647. The normalized spacial score (nSPS) is 17.8. The Labute approximate surface area is 89.9 Å². The molecule has 0 bridgehead atoms. The first-order valence-electron chi connectivity index (χ1n) is 6.00. The van der Waals surface area contributed by atoms with Crippen LogP contribution >= 0.6 is 0 Å². The third-order valence-electron chi connectivity index (χ3n) is 3.26. The SMILES string of the molecule is CCCN[C@@H](C)CCC(C)(CC)NC. The van der Waals surface area contributed by atoms with Crippen LogP contribution in [0.25, 0.3) is 0 Å². The average molecular weight is 200 g/mol. The smallest absolute Gasteiger partial charge is 0.0148 e. The summed E-state index contributed by atoms with van der Waals surface area (Å²) in [5.74, 6) is 0. The van der Waals surface area contributed by atoms with E-state index in [9.17, 15) is 0 Å². The van der Waals surface area contributed by atoms with Crippen molar-refractivity contribution in [3.63, 3.8) is 0 Å². The predicted octanol–water partition coefficient (Wildman–Crippen LogP) is 2.54. The fourth-order valence-corrected chi connectivity index (χ4v) is 1.51. The van der Waals surface area contributed by atoms with E-state index in [-0.39, 0.29) is 0 Å². The zero-order chi connectivity index (χ0) is 11.0. The Kier molecular flexibility index (Phi) is 7.20. The summed E-state index contributed by atoms with van der Waals surface area (Å²) < 4.78 is 0. The second-order valence-corrected chi connectivity index (χ2v) is 4.56. The molecule has 0 aliphatic carbocycles. The van der Waals surface area contributed by atoms with Crippen LogP contribution in [0.1, 0.15) is 53.4 Å². The molecule has 14 heavy (non-hydrogen) atoms. The third-order valence-corrected chi connectivity index (χ3v) is 3.26. The zero-order valence-corrected chi connectivity index (χ0v) is 10.6. The number of rotatable bonds is 8. The second kappa shape index (κ2) is 7.24. The standard InChI is InChI=1S/C12H28N2/c1-6-10-14-11(3)8-9-12(4,7-2)13-5/h11,13-14H,6-10H2,1-5H3/t11-,12?/m0/s1. The first kappa shape index (κ1) is 13.9. The Hall–Kier alpha value is -0.0800. The highest BCUT2D eigenvalue weighted by atomic mass is 14.9. The summed E-state index contributed by atoms with van der Waals surface area (Å²) in [4.78, 5) is 0. The lowest BCUT2D eigenvalue weighted by Crippen LogP contribution is -2.40. The molecule has 0 aromatic rings. The molecule has 0 heterocycles. The summed E-state index contributed by atoms with van der Waals surface area (Å²) in [7, 11) is 2.06. The molecule has 2 heteroatoms. The van der Waals surface area contributed by atoms with Gasteiger partial charge in [-0.1, -0.05) is 13.8 Å². The number of hydrogen-bond donors (Lipinski definition) is 2. The molecule has 0 spiro atoms. The number of hydrogen-bond acceptors (Lipinski definition) is 2. The van der Waals surface area contributed by atoms with E-state index < -0.39 is 0 Å². The molecule has 0 aliphatic rings. The largest absolute Gasteiger partial charge is 0.315 e. The molecular weight excluding hydrogens is 172 g/mol. The van der Waals surface area contributed by atoms with Crippen LogP contribution in [0.5, 0.6) is 0 Å². The van der Waals surface area contributed by atoms with E-state index in [0.717, 1.165) is 6.54 Å². The maximum atomic E-state index is 3.53. The maximum Gasteiger partial charge on any atom is 0.0148 e. The monoisotopic (exact) mass is 200 g/mol. The van der Waals surface area contributed by atoms with Crippen LogP contribution in [0, 0.1) is 0 Å². The van der Waals surface area contributed by atoms with E-state index in [1.807, 2.05) is 0 Å². The summed E-state index contributed by atoms with van der Waals surface area (Å²) in [5, 5.41) is 6.94. The minimum Gasteiger partial charge on any atom is -0.315 e. The topological polar surface area (TPSA) is 24.1 Å². The van der Waals surface area contributed by atoms with E-state index in [4.69, 9.17) is 0 Å². The van der Waals surface area contributed by atoms with Crippen molar-refractivity contribution < 1.29 is 0 Å². The summed E-state index contributed by atoms with van der Waals surface area (Å²) in [6.07, 6.45) is 4.93. The highest BCUT2D eigenvalue weighted by Gasteiger charge is 2.19. The Balaban J connectivity index is 3.68. The highest BCUT2D eigenvalue weighted by molar-refractivity contribution is 4.81. The van der Waals surface area contributed by atoms with Crippen LogP contribution in [-0.2, 0) is 0 Å². The van der Waals surface area contributed by atoms with Gasteiger partial charge in [0.2, 0.25) is 0 Å². The quantitative estimate of drug-likeness (QED) is 0.629. The van der Waals surface area contributed by atoms with E-state index in [1.54, 1.807) is 0 Å². The van der Waals surface area contributed by atoms with Gasteiger partial charge in [-0.2, -0.15) is 0 Å². The molecule has 0 saturated carbocycles. The highest BCUT2D eigenvalue weighted by Crippen LogP contribution is 2.16. The molecule has 2 nitrogen and oxygen atoms in total. The molecular formula is C12H28N2. The lowest BCUT2D eigenvalue weighted by molar-refractivity contribution is 0.317. The number of nitrogens with one attached hydrogen (secondary N) is 2. The van der Waals surface area contributed by atoms with Gasteiger partial charge in [-0.05, 0) is 53.1 Å². The van der Waals surface area contributed by atoms with Gasteiger partial charge in [0.1, 0.15) is 0 Å². The molecule has 0 aliphatic heterocycles. The van der Waals surface area contributed by atoms with Crippen molar-refractivity contribution >= 4 is 0 Å². The molecule has 1 unspecified atom stereocenters. The van der Waals surface area contributed by atoms with Gasteiger partial charge in [0.15, 0.2) is 0 Å². The van der Waals surface area contributed by atoms with Crippen molar-refractivity contribution in [1.82, 2.24) is 10.6 Å². The van der Waals surface area contributed by atoms with Gasteiger partial charge in [0, 0.05) is 11.6 Å².